The van der Waals surface area contributed by atoms with Gasteiger partial charge in [-0.3, -0.25) is 0 Å². The Balaban J connectivity index is 2.12. The summed E-state index contributed by atoms with van der Waals surface area (Å²) >= 11 is 7.99. The molecule has 16 heavy (non-hydrogen) atoms. The maximum absolute atomic E-state index is 6.19. The van der Waals surface area contributed by atoms with Crippen molar-refractivity contribution < 1.29 is 4.74 Å². The molecule has 1 saturated heterocycles. The van der Waals surface area contributed by atoms with E-state index in [0.29, 0.717) is 0 Å². The molecular formula is C12H16ClNOS. The van der Waals surface area contributed by atoms with Gasteiger partial charge in [-0.05, 0) is 24.1 Å². The lowest BCUT2D eigenvalue weighted by molar-refractivity contribution is 0.0569. The van der Waals surface area contributed by atoms with E-state index in [9.17, 15) is 0 Å². The third kappa shape index (κ3) is 2.72. The number of hydrogen-bond acceptors (Lipinski definition) is 3. The largest absolute Gasteiger partial charge is 0.375 e. The fraction of sp³-hybridized carbons (Fsp3) is 0.500. The van der Waals surface area contributed by atoms with Gasteiger partial charge in [0.25, 0.3) is 0 Å². The van der Waals surface area contributed by atoms with Crippen molar-refractivity contribution in [2.75, 3.05) is 18.1 Å². The van der Waals surface area contributed by atoms with Gasteiger partial charge >= 0.3 is 0 Å². The summed E-state index contributed by atoms with van der Waals surface area (Å²) in [5.41, 5.74) is 8.33. The highest BCUT2D eigenvalue weighted by Crippen LogP contribution is 2.26. The third-order valence-electron chi connectivity index (χ3n) is 2.82. The molecule has 1 aromatic rings. The van der Waals surface area contributed by atoms with E-state index in [2.05, 4.69) is 0 Å². The first-order chi connectivity index (χ1) is 7.68. The SMILES string of the molecule is Cc1ccc(C(N)C2CSCCO2)cc1Cl. The summed E-state index contributed by atoms with van der Waals surface area (Å²) in [4.78, 5) is 0. The molecule has 88 valence electrons. The van der Waals surface area contributed by atoms with Crippen LogP contribution < -0.4 is 5.73 Å². The van der Waals surface area contributed by atoms with Gasteiger partial charge in [-0.25, -0.2) is 0 Å². The molecule has 0 spiro atoms. The number of benzene rings is 1. The molecule has 1 fully saturated rings. The monoisotopic (exact) mass is 257 g/mol. The molecule has 2 unspecified atom stereocenters. The maximum Gasteiger partial charge on any atom is 0.0858 e. The first-order valence-electron chi connectivity index (χ1n) is 5.39. The normalized spacial score (nSPS) is 23.1. The predicted molar refractivity (Wildman–Crippen MR) is 70.2 cm³/mol. The van der Waals surface area contributed by atoms with Gasteiger partial charge in [0.2, 0.25) is 0 Å². The second-order valence-corrected chi connectivity index (χ2v) is 5.58. The first kappa shape index (κ1) is 12.2. The van der Waals surface area contributed by atoms with Crippen LogP contribution in [0.1, 0.15) is 17.2 Å². The van der Waals surface area contributed by atoms with Crippen molar-refractivity contribution in [1.29, 1.82) is 0 Å². The smallest absolute Gasteiger partial charge is 0.0858 e. The Morgan fingerprint density at radius 3 is 3.00 bits per heavy atom. The Morgan fingerprint density at radius 1 is 1.56 bits per heavy atom. The zero-order chi connectivity index (χ0) is 11.5. The average molecular weight is 258 g/mol. The van der Waals surface area contributed by atoms with Crippen molar-refractivity contribution in [3.05, 3.63) is 34.3 Å². The van der Waals surface area contributed by atoms with E-state index >= 15 is 0 Å². The molecule has 0 aromatic heterocycles. The average Bonchev–Trinajstić information content (AvgIpc) is 2.33. The van der Waals surface area contributed by atoms with Crippen molar-refractivity contribution >= 4 is 23.4 Å². The van der Waals surface area contributed by atoms with Crippen LogP contribution in [0.4, 0.5) is 0 Å². The van der Waals surface area contributed by atoms with E-state index in [1.54, 1.807) is 0 Å². The van der Waals surface area contributed by atoms with Gasteiger partial charge in [-0.15, -0.1) is 0 Å². The standard InChI is InChI=1S/C12H16ClNOS/c1-8-2-3-9(6-10(8)13)12(14)11-7-16-5-4-15-11/h2-3,6,11-12H,4-5,7,14H2,1H3. The van der Waals surface area contributed by atoms with Crippen LogP contribution in [0.25, 0.3) is 0 Å². The lowest BCUT2D eigenvalue weighted by Crippen LogP contribution is -2.34. The third-order valence-corrected chi connectivity index (χ3v) is 4.25. The van der Waals surface area contributed by atoms with Gasteiger partial charge < -0.3 is 10.5 Å². The second kappa shape index (κ2) is 5.41. The van der Waals surface area contributed by atoms with Crippen LogP contribution in [0.5, 0.6) is 0 Å². The minimum atomic E-state index is -0.0779. The summed E-state index contributed by atoms with van der Waals surface area (Å²) < 4.78 is 5.68. The van der Waals surface area contributed by atoms with Crippen LogP contribution in [0.15, 0.2) is 18.2 Å². The summed E-state index contributed by atoms with van der Waals surface area (Å²) in [6.45, 7) is 2.78. The Morgan fingerprint density at radius 2 is 2.38 bits per heavy atom. The van der Waals surface area contributed by atoms with Crippen molar-refractivity contribution in [3.8, 4) is 0 Å². The van der Waals surface area contributed by atoms with Gasteiger partial charge in [0.1, 0.15) is 0 Å². The van der Waals surface area contributed by atoms with E-state index < -0.39 is 0 Å². The number of hydrogen-bond donors (Lipinski definition) is 1. The van der Waals surface area contributed by atoms with Crippen molar-refractivity contribution in [3.63, 3.8) is 0 Å². The van der Waals surface area contributed by atoms with Crippen LogP contribution in [-0.2, 0) is 4.74 Å². The van der Waals surface area contributed by atoms with E-state index in [0.717, 1.165) is 34.3 Å². The number of nitrogens with two attached hydrogens (primary N) is 1. The molecule has 0 bridgehead atoms. The molecule has 4 heteroatoms. The number of thioether (sulfide) groups is 1. The van der Waals surface area contributed by atoms with Gasteiger partial charge in [0, 0.05) is 16.5 Å². The molecule has 0 aliphatic carbocycles. The van der Waals surface area contributed by atoms with Gasteiger partial charge in [0.05, 0.1) is 18.8 Å². The molecule has 1 aliphatic heterocycles. The molecule has 0 radical (unpaired) electrons. The molecule has 1 aliphatic rings. The lowest BCUT2D eigenvalue weighted by atomic mass is 10.0. The van der Waals surface area contributed by atoms with E-state index in [1.165, 1.54) is 0 Å². The summed E-state index contributed by atoms with van der Waals surface area (Å²) in [7, 11) is 0. The van der Waals surface area contributed by atoms with E-state index in [4.69, 9.17) is 22.1 Å². The van der Waals surface area contributed by atoms with Crippen LogP contribution in [0, 0.1) is 6.92 Å². The zero-order valence-electron chi connectivity index (χ0n) is 9.28. The number of ether oxygens (including phenoxy) is 1. The number of halogens is 1. The van der Waals surface area contributed by atoms with Gasteiger partial charge in [-0.2, -0.15) is 11.8 Å². The zero-order valence-corrected chi connectivity index (χ0v) is 10.9. The van der Waals surface area contributed by atoms with E-state index in [1.807, 2.05) is 36.9 Å². The molecular weight excluding hydrogens is 242 g/mol. The summed E-state index contributed by atoms with van der Waals surface area (Å²) in [5, 5.41) is 0.774. The quantitative estimate of drug-likeness (QED) is 0.885. The fourth-order valence-electron chi connectivity index (χ4n) is 1.74. The summed E-state index contributed by atoms with van der Waals surface area (Å²) in [5.74, 6) is 2.03. The Bertz CT molecular complexity index is 366. The Labute approximate surface area is 105 Å². The molecule has 2 atom stereocenters. The maximum atomic E-state index is 6.19. The molecule has 0 saturated carbocycles. The highest BCUT2D eigenvalue weighted by Gasteiger charge is 2.23. The molecule has 1 heterocycles. The topological polar surface area (TPSA) is 35.2 Å². The predicted octanol–water partition coefficient (Wildman–Crippen LogP) is 2.78. The lowest BCUT2D eigenvalue weighted by Gasteiger charge is -2.28. The highest BCUT2D eigenvalue weighted by molar-refractivity contribution is 7.99. The Kier molecular flexibility index (Phi) is 4.14. The van der Waals surface area contributed by atoms with Crippen LogP contribution >= 0.6 is 23.4 Å². The van der Waals surface area contributed by atoms with Crippen molar-refractivity contribution in [2.45, 2.75) is 19.1 Å². The van der Waals surface area contributed by atoms with Crippen molar-refractivity contribution in [1.82, 2.24) is 0 Å². The van der Waals surface area contributed by atoms with Gasteiger partial charge in [0.15, 0.2) is 0 Å². The van der Waals surface area contributed by atoms with Crippen LogP contribution in [0.2, 0.25) is 5.02 Å². The van der Waals surface area contributed by atoms with Crippen LogP contribution in [0.3, 0.4) is 0 Å². The molecule has 0 amide bonds. The number of aryl methyl sites for hydroxylation is 1. The molecule has 1 aromatic carbocycles. The first-order valence-corrected chi connectivity index (χ1v) is 6.92. The molecule has 2 N–H and O–H groups in total. The summed E-state index contributed by atoms with van der Waals surface area (Å²) in [6, 6.07) is 5.91. The number of rotatable bonds is 2. The van der Waals surface area contributed by atoms with E-state index in [-0.39, 0.29) is 12.1 Å². The minimum Gasteiger partial charge on any atom is -0.375 e. The van der Waals surface area contributed by atoms with Crippen LogP contribution in [-0.4, -0.2) is 24.2 Å². The Hall–Kier alpha value is -0.220. The summed E-state index contributed by atoms with van der Waals surface area (Å²) in [6.07, 6.45) is 0.109. The molecule has 2 nitrogen and oxygen atoms in total. The second-order valence-electron chi connectivity index (χ2n) is 4.02. The highest BCUT2D eigenvalue weighted by atomic mass is 35.5. The fourth-order valence-corrected chi connectivity index (χ4v) is 2.85. The van der Waals surface area contributed by atoms with Crippen molar-refractivity contribution in [2.24, 2.45) is 5.73 Å². The molecule has 2 rings (SSSR count). The minimum absolute atomic E-state index is 0.0779. The van der Waals surface area contributed by atoms with Gasteiger partial charge in [-0.1, -0.05) is 23.7 Å².